The number of piperidine rings is 1. The molecule has 0 aliphatic carbocycles. The van der Waals surface area contributed by atoms with Crippen LogP contribution in [-0.4, -0.2) is 42.9 Å². The number of hydrogen-bond acceptors (Lipinski definition) is 5. The Labute approximate surface area is 160 Å². The molecule has 0 bridgehead atoms. The number of esters is 1. The van der Waals surface area contributed by atoms with Gasteiger partial charge in [-0.1, -0.05) is 24.3 Å². The minimum Gasteiger partial charge on any atom is -0.464 e. The first-order valence-electron chi connectivity index (χ1n) is 9.21. The van der Waals surface area contributed by atoms with Crippen molar-refractivity contribution in [2.75, 3.05) is 13.2 Å². The molecule has 1 fully saturated rings. The molecule has 7 heteroatoms. The number of sulfonamides is 1. The summed E-state index contributed by atoms with van der Waals surface area (Å²) >= 11 is 0. The molecule has 0 amide bonds. The Morgan fingerprint density at radius 3 is 2.70 bits per heavy atom. The molecule has 1 unspecified atom stereocenters. The molecular formula is C20H24N2O4S. The monoisotopic (exact) mass is 388 g/mol. The van der Waals surface area contributed by atoms with Crippen LogP contribution in [0, 0.1) is 0 Å². The standard InChI is InChI=1S/C20H24N2O4S/c23-20(26-15-7-9-17-8-6-13-21-16-17)19-12-4-5-14-22(19)27(24,25)18-10-2-1-3-11-18/h1-3,6,8,10-11,13,16,19H,4-5,7,9,12,14-15H2. The van der Waals surface area contributed by atoms with Crippen molar-refractivity contribution in [1.29, 1.82) is 0 Å². The molecule has 0 N–H and O–H groups in total. The van der Waals surface area contributed by atoms with Crippen molar-refractivity contribution in [3.8, 4) is 0 Å². The van der Waals surface area contributed by atoms with Gasteiger partial charge >= 0.3 is 5.97 Å². The second-order valence-electron chi connectivity index (χ2n) is 6.57. The van der Waals surface area contributed by atoms with Gasteiger partial charge in [0.15, 0.2) is 0 Å². The SMILES string of the molecule is O=C(OCCCc1cccnc1)C1CCCCN1S(=O)(=O)c1ccccc1. The van der Waals surface area contributed by atoms with Crippen molar-refractivity contribution in [3.63, 3.8) is 0 Å². The van der Waals surface area contributed by atoms with Crippen LogP contribution in [0.4, 0.5) is 0 Å². The summed E-state index contributed by atoms with van der Waals surface area (Å²) in [5, 5.41) is 0. The topological polar surface area (TPSA) is 76.6 Å². The minimum atomic E-state index is -3.71. The quantitative estimate of drug-likeness (QED) is 0.538. The normalized spacial score (nSPS) is 18.1. The Bertz CT molecular complexity index is 841. The lowest BCUT2D eigenvalue weighted by molar-refractivity contribution is -0.149. The second kappa shape index (κ2) is 9.10. The van der Waals surface area contributed by atoms with Crippen molar-refractivity contribution >= 4 is 16.0 Å². The minimum absolute atomic E-state index is 0.210. The lowest BCUT2D eigenvalue weighted by Crippen LogP contribution is -2.48. The molecule has 2 aromatic rings. The van der Waals surface area contributed by atoms with Crippen LogP contribution in [-0.2, 0) is 26.0 Å². The van der Waals surface area contributed by atoms with Crippen LogP contribution in [0.2, 0.25) is 0 Å². The average Bonchev–Trinajstić information content (AvgIpc) is 2.72. The van der Waals surface area contributed by atoms with Gasteiger partial charge in [0.2, 0.25) is 10.0 Å². The van der Waals surface area contributed by atoms with Gasteiger partial charge in [0.25, 0.3) is 0 Å². The first-order chi connectivity index (χ1) is 13.1. The maximum atomic E-state index is 12.9. The van der Waals surface area contributed by atoms with Crippen molar-refractivity contribution < 1.29 is 17.9 Å². The van der Waals surface area contributed by atoms with Crippen molar-refractivity contribution in [2.45, 2.75) is 43.0 Å². The number of aromatic nitrogens is 1. The van der Waals surface area contributed by atoms with Gasteiger partial charge in [0.1, 0.15) is 6.04 Å². The molecule has 2 heterocycles. The van der Waals surface area contributed by atoms with Gasteiger partial charge in [0, 0.05) is 18.9 Å². The number of hydrogen-bond donors (Lipinski definition) is 0. The summed E-state index contributed by atoms with van der Waals surface area (Å²) in [4.78, 5) is 16.8. The average molecular weight is 388 g/mol. The summed E-state index contributed by atoms with van der Waals surface area (Å²) < 4.78 is 32.6. The Balaban J connectivity index is 1.60. The molecule has 144 valence electrons. The number of carbonyl (C=O) groups is 1. The molecule has 1 saturated heterocycles. The lowest BCUT2D eigenvalue weighted by Gasteiger charge is -2.33. The van der Waals surface area contributed by atoms with Crippen LogP contribution in [0.3, 0.4) is 0 Å². The zero-order chi connectivity index (χ0) is 19.1. The maximum absolute atomic E-state index is 12.9. The fourth-order valence-electron chi connectivity index (χ4n) is 3.25. The van der Waals surface area contributed by atoms with Gasteiger partial charge in [-0.2, -0.15) is 4.31 Å². The molecule has 0 spiro atoms. The van der Waals surface area contributed by atoms with E-state index in [2.05, 4.69) is 4.98 Å². The van der Waals surface area contributed by atoms with Gasteiger partial charge in [-0.15, -0.1) is 0 Å². The Kier molecular flexibility index (Phi) is 6.58. The van der Waals surface area contributed by atoms with Crippen LogP contribution in [0.25, 0.3) is 0 Å². The molecule has 0 radical (unpaired) electrons. The van der Waals surface area contributed by atoms with E-state index in [0.717, 1.165) is 24.8 Å². The highest BCUT2D eigenvalue weighted by Gasteiger charge is 2.38. The molecule has 27 heavy (non-hydrogen) atoms. The van der Waals surface area contributed by atoms with Gasteiger partial charge in [-0.3, -0.25) is 9.78 Å². The predicted molar refractivity (Wildman–Crippen MR) is 101 cm³/mol. The molecule has 3 rings (SSSR count). The lowest BCUT2D eigenvalue weighted by atomic mass is 10.1. The van der Waals surface area contributed by atoms with E-state index >= 15 is 0 Å². The van der Waals surface area contributed by atoms with Crippen LogP contribution in [0.5, 0.6) is 0 Å². The van der Waals surface area contributed by atoms with E-state index in [9.17, 15) is 13.2 Å². The third kappa shape index (κ3) is 4.93. The fraction of sp³-hybridized carbons (Fsp3) is 0.400. The van der Waals surface area contributed by atoms with Crippen molar-refractivity contribution in [3.05, 3.63) is 60.4 Å². The zero-order valence-electron chi connectivity index (χ0n) is 15.2. The van der Waals surface area contributed by atoms with Crippen LogP contribution < -0.4 is 0 Å². The summed E-state index contributed by atoms with van der Waals surface area (Å²) in [7, 11) is -3.71. The maximum Gasteiger partial charge on any atom is 0.324 e. The smallest absolute Gasteiger partial charge is 0.324 e. The van der Waals surface area contributed by atoms with E-state index in [1.807, 2.05) is 12.1 Å². The Morgan fingerprint density at radius 1 is 1.15 bits per heavy atom. The molecule has 1 aromatic heterocycles. The Hall–Kier alpha value is -2.25. The molecule has 1 aliphatic rings. The first-order valence-corrected chi connectivity index (χ1v) is 10.7. The Morgan fingerprint density at radius 2 is 1.96 bits per heavy atom. The highest BCUT2D eigenvalue weighted by molar-refractivity contribution is 7.89. The summed E-state index contributed by atoms with van der Waals surface area (Å²) in [6.45, 7) is 0.607. The summed E-state index contributed by atoms with van der Waals surface area (Å²) in [5.74, 6) is -0.458. The summed E-state index contributed by atoms with van der Waals surface area (Å²) in [6.07, 6.45) is 7.00. The van der Waals surface area contributed by atoms with Crippen LogP contribution in [0.1, 0.15) is 31.2 Å². The zero-order valence-corrected chi connectivity index (χ0v) is 16.0. The number of benzene rings is 1. The number of nitrogens with zero attached hydrogens (tertiary/aromatic N) is 2. The van der Waals surface area contributed by atoms with E-state index in [4.69, 9.17) is 4.74 Å². The second-order valence-corrected chi connectivity index (χ2v) is 8.46. The number of pyridine rings is 1. The largest absolute Gasteiger partial charge is 0.464 e. The number of ether oxygens (including phenoxy) is 1. The van der Waals surface area contributed by atoms with E-state index in [1.165, 1.54) is 4.31 Å². The highest BCUT2D eigenvalue weighted by Crippen LogP contribution is 2.26. The highest BCUT2D eigenvalue weighted by atomic mass is 32.2. The summed E-state index contributed by atoms with van der Waals surface area (Å²) in [5.41, 5.74) is 1.08. The van der Waals surface area contributed by atoms with Gasteiger partial charge in [-0.25, -0.2) is 8.42 Å². The summed E-state index contributed by atoms with van der Waals surface area (Å²) in [6, 6.07) is 11.3. The van der Waals surface area contributed by atoms with E-state index in [1.54, 1.807) is 42.7 Å². The van der Waals surface area contributed by atoms with E-state index < -0.39 is 22.0 Å². The first kappa shape index (κ1) is 19.5. The fourth-order valence-corrected chi connectivity index (χ4v) is 4.92. The predicted octanol–water partition coefficient (Wildman–Crippen LogP) is 2.80. The van der Waals surface area contributed by atoms with Crippen molar-refractivity contribution in [2.24, 2.45) is 0 Å². The molecule has 1 atom stereocenters. The van der Waals surface area contributed by atoms with Crippen LogP contribution in [0.15, 0.2) is 59.8 Å². The van der Waals surface area contributed by atoms with Gasteiger partial charge < -0.3 is 4.74 Å². The van der Waals surface area contributed by atoms with Crippen molar-refractivity contribution in [1.82, 2.24) is 9.29 Å². The van der Waals surface area contributed by atoms with E-state index in [-0.39, 0.29) is 11.5 Å². The molecular weight excluding hydrogens is 364 g/mol. The molecule has 1 aliphatic heterocycles. The van der Waals surface area contributed by atoms with Gasteiger partial charge in [0.05, 0.1) is 11.5 Å². The number of aryl methyl sites for hydroxylation is 1. The van der Waals surface area contributed by atoms with E-state index in [0.29, 0.717) is 19.4 Å². The number of carbonyl (C=O) groups excluding carboxylic acids is 1. The molecule has 0 saturated carbocycles. The third-order valence-electron chi connectivity index (χ3n) is 4.65. The molecule has 6 nitrogen and oxygen atoms in total. The molecule has 1 aromatic carbocycles. The number of rotatable bonds is 7. The van der Waals surface area contributed by atoms with Crippen LogP contribution >= 0.6 is 0 Å². The third-order valence-corrected chi connectivity index (χ3v) is 6.57. The van der Waals surface area contributed by atoms with Gasteiger partial charge in [-0.05, 0) is 55.9 Å².